The van der Waals surface area contributed by atoms with E-state index in [0.29, 0.717) is 0 Å². The molecule has 2 aromatic rings. The van der Waals surface area contributed by atoms with Crippen molar-refractivity contribution >= 4 is 27.3 Å². The standard InChI is InChI=1S/C16H19BrN2O/c1-11(18)12-8-9-14(13(17)10-12)19(2)15-6-4-5-7-16(15)20-3/h4-11H,18H2,1-3H3. The normalized spacial score (nSPS) is 12.1. The summed E-state index contributed by atoms with van der Waals surface area (Å²) in [5, 5.41) is 0. The quantitative estimate of drug-likeness (QED) is 0.908. The molecule has 1 atom stereocenters. The van der Waals surface area contributed by atoms with Crippen LogP contribution in [0.25, 0.3) is 0 Å². The van der Waals surface area contributed by atoms with Crippen LogP contribution in [0.5, 0.6) is 5.75 Å². The molecule has 2 aromatic carbocycles. The average Bonchev–Trinajstić information content (AvgIpc) is 2.46. The molecule has 0 saturated carbocycles. The van der Waals surface area contributed by atoms with E-state index in [9.17, 15) is 0 Å². The van der Waals surface area contributed by atoms with Crippen LogP contribution in [-0.2, 0) is 0 Å². The molecule has 0 aliphatic carbocycles. The van der Waals surface area contributed by atoms with E-state index >= 15 is 0 Å². The second-order valence-corrected chi connectivity index (χ2v) is 5.58. The van der Waals surface area contributed by atoms with Crippen LogP contribution < -0.4 is 15.4 Å². The van der Waals surface area contributed by atoms with Crippen molar-refractivity contribution < 1.29 is 4.74 Å². The minimum Gasteiger partial charge on any atom is -0.495 e. The van der Waals surface area contributed by atoms with Crippen LogP contribution in [0, 0.1) is 0 Å². The van der Waals surface area contributed by atoms with Gasteiger partial charge >= 0.3 is 0 Å². The molecule has 2 rings (SSSR count). The molecule has 2 N–H and O–H groups in total. The average molecular weight is 335 g/mol. The Morgan fingerprint density at radius 1 is 1.15 bits per heavy atom. The van der Waals surface area contributed by atoms with Crippen molar-refractivity contribution in [1.82, 2.24) is 0 Å². The van der Waals surface area contributed by atoms with Gasteiger partial charge in [-0.15, -0.1) is 0 Å². The summed E-state index contributed by atoms with van der Waals surface area (Å²) in [5.74, 6) is 0.846. The number of nitrogens with two attached hydrogens (primary N) is 1. The van der Waals surface area contributed by atoms with Crippen molar-refractivity contribution in [3.63, 3.8) is 0 Å². The van der Waals surface area contributed by atoms with Crippen molar-refractivity contribution in [1.29, 1.82) is 0 Å². The Labute approximate surface area is 128 Å². The smallest absolute Gasteiger partial charge is 0.142 e. The summed E-state index contributed by atoms with van der Waals surface area (Å²) in [6.45, 7) is 1.98. The van der Waals surface area contributed by atoms with Gasteiger partial charge in [0, 0.05) is 17.6 Å². The van der Waals surface area contributed by atoms with Crippen molar-refractivity contribution in [3.05, 3.63) is 52.5 Å². The van der Waals surface area contributed by atoms with Gasteiger partial charge in [0.15, 0.2) is 0 Å². The molecule has 0 spiro atoms. The molecule has 20 heavy (non-hydrogen) atoms. The number of methoxy groups -OCH3 is 1. The number of halogens is 1. The monoisotopic (exact) mass is 334 g/mol. The first kappa shape index (κ1) is 14.9. The maximum absolute atomic E-state index is 5.91. The molecule has 106 valence electrons. The Morgan fingerprint density at radius 2 is 1.85 bits per heavy atom. The lowest BCUT2D eigenvalue weighted by molar-refractivity contribution is 0.415. The lowest BCUT2D eigenvalue weighted by Gasteiger charge is -2.23. The minimum absolute atomic E-state index is 0.0249. The second-order valence-electron chi connectivity index (χ2n) is 4.73. The zero-order valence-electron chi connectivity index (χ0n) is 11.9. The Hall–Kier alpha value is -1.52. The van der Waals surface area contributed by atoms with Crippen LogP contribution in [0.2, 0.25) is 0 Å². The maximum Gasteiger partial charge on any atom is 0.142 e. The minimum atomic E-state index is 0.0249. The van der Waals surface area contributed by atoms with E-state index in [1.54, 1.807) is 7.11 Å². The van der Waals surface area contributed by atoms with Crippen molar-refractivity contribution in [2.24, 2.45) is 5.73 Å². The van der Waals surface area contributed by atoms with Crippen molar-refractivity contribution in [3.8, 4) is 5.75 Å². The highest BCUT2D eigenvalue weighted by atomic mass is 79.9. The first-order valence-electron chi connectivity index (χ1n) is 6.46. The lowest BCUT2D eigenvalue weighted by atomic mass is 10.1. The number of rotatable bonds is 4. The molecule has 4 heteroatoms. The van der Waals surface area contributed by atoms with Crippen LogP contribution in [0.3, 0.4) is 0 Å². The van der Waals surface area contributed by atoms with Crippen LogP contribution >= 0.6 is 15.9 Å². The number of para-hydroxylation sites is 2. The molecule has 0 aromatic heterocycles. The molecule has 0 radical (unpaired) electrons. The van der Waals surface area contributed by atoms with Crippen LogP contribution in [0.4, 0.5) is 11.4 Å². The predicted molar refractivity (Wildman–Crippen MR) is 87.8 cm³/mol. The number of hydrogen-bond acceptors (Lipinski definition) is 3. The maximum atomic E-state index is 5.91. The van der Waals surface area contributed by atoms with Gasteiger partial charge in [-0.2, -0.15) is 0 Å². The topological polar surface area (TPSA) is 38.5 Å². The molecule has 0 bridgehead atoms. The summed E-state index contributed by atoms with van der Waals surface area (Å²) in [7, 11) is 3.70. The Kier molecular flexibility index (Phi) is 4.68. The molecule has 0 aliphatic heterocycles. The Balaban J connectivity index is 2.40. The first-order valence-corrected chi connectivity index (χ1v) is 7.25. The summed E-state index contributed by atoms with van der Waals surface area (Å²) in [5.41, 5.74) is 9.10. The molecule has 1 unspecified atom stereocenters. The molecular formula is C16H19BrN2O. The largest absolute Gasteiger partial charge is 0.495 e. The van der Waals surface area contributed by atoms with Gasteiger partial charge in [0.1, 0.15) is 5.75 Å². The van der Waals surface area contributed by atoms with Gasteiger partial charge in [-0.1, -0.05) is 18.2 Å². The molecular weight excluding hydrogens is 316 g/mol. The van der Waals surface area contributed by atoms with Gasteiger partial charge in [0.05, 0.1) is 18.5 Å². The number of anilines is 2. The Bertz CT molecular complexity index is 599. The molecule has 0 fully saturated rings. The lowest BCUT2D eigenvalue weighted by Crippen LogP contribution is -2.12. The van der Waals surface area contributed by atoms with Gasteiger partial charge in [-0.3, -0.25) is 0 Å². The Morgan fingerprint density at radius 3 is 2.45 bits per heavy atom. The SMILES string of the molecule is COc1ccccc1N(C)c1ccc(C(C)N)cc1Br. The van der Waals surface area contributed by atoms with Crippen LogP contribution in [0.1, 0.15) is 18.5 Å². The summed E-state index contributed by atoms with van der Waals surface area (Å²) in [4.78, 5) is 2.09. The fourth-order valence-corrected chi connectivity index (χ4v) is 2.78. The van der Waals surface area contributed by atoms with Gasteiger partial charge in [-0.05, 0) is 52.7 Å². The number of hydrogen-bond donors (Lipinski definition) is 1. The van der Waals surface area contributed by atoms with Gasteiger partial charge in [0.2, 0.25) is 0 Å². The summed E-state index contributed by atoms with van der Waals surface area (Å²) in [6, 6.07) is 14.2. The van der Waals surface area contributed by atoms with Gasteiger partial charge in [-0.25, -0.2) is 0 Å². The van der Waals surface area contributed by atoms with E-state index in [1.807, 2.05) is 38.2 Å². The zero-order valence-corrected chi connectivity index (χ0v) is 13.5. The molecule has 3 nitrogen and oxygen atoms in total. The van der Waals surface area contributed by atoms with E-state index in [-0.39, 0.29) is 6.04 Å². The highest BCUT2D eigenvalue weighted by molar-refractivity contribution is 9.10. The van der Waals surface area contributed by atoms with Gasteiger partial charge in [0.25, 0.3) is 0 Å². The predicted octanol–water partition coefficient (Wildman–Crippen LogP) is 4.25. The highest BCUT2D eigenvalue weighted by Crippen LogP contribution is 2.36. The van der Waals surface area contributed by atoms with Gasteiger partial charge < -0.3 is 15.4 Å². The van der Waals surface area contributed by atoms with Crippen LogP contribution in [-0.4, -0.2) is 14.2 Å². The number of nitrogens with zero attached hydrogens (tertiary/aromatic N) is 1. The fraction of sp³-hybridized carbons (Fsp3) is 0.250. The summed E-state index contributed by atoms with van der Waals surface area (Å²) in [6.07, 6.45) is 0. The molecule has 0 amide bonds. The first-order chi connectivity index (χ1) is 9.54. The van der Waals surface area contributed by atoms with E-state index in [2.05, 4.69) is 39.0 Å². The summed E-state index contributed by atoms with van der Waals surface area (Å²) < 4.78 is 6.43. The third kappa shape index (κ3) is 2.97. The van der Waals surface area contributed by atoms with E-state index < -0.39 is 0 Å². The van der Waals surface area contributed by atoms with E-state index in [1.165, 1.54) is 0 Å². The van der Waals surface area contributed by atoms with Crippen molar-refractivity contribution in [2.45, 2.75) is 13.0 Å². The highest BCUT2D eigenvalue weighted by Gasteiger charge is 2.13. The van der Waals surface area contributed by atoms with Crippen molar-refractivity contribution in [2.75, 3.05) is 19.1 Å². The summed E-state index contributed by atoms with van der Waals surface area (Å²) >= 11 is 3.62. The zero-order chi connectivity index (χ0) is 14.7. The third-order valence-electron chi connectivity index (χ3n) is 3.31. The molecule has 0 saturated heterocycles. The fourth-order valence-electron chi connectivity index (χ4n) is 2.12. The second kappa shape index (κ2) is 6.29. The van der Waals surface area contributed by atoms with Crippen LogP contribution in [0.15, 0.2) is 46.9 Å². The molecule has 0 heterocycles. The third-order valence-corrected chi connectivity index (χ3v) is 3.94. The van der Waals surface area contributed by atoms with E-state index in [4.69, 9.17) is 10.5 Å². The van der Waals surface area contributed by atoms with E-state index in [0.717, 1.165) is 27.2 Å². The number of ether oxygens (including phenoxy) is 1. The molecule has 0 aliphatic rings. The number of benzene rings is 2.